The minimum Gasteiger partial charge on any atom is -0.476 e. The van der Waals surface area contributed by atoms with Crippen molar-refractivity contribution >= 4 is 27.5 Å². The monoisotopic (exact) mass is 488 g/mol. The molecule has 34 heavy (non-hydrogen) atoms. The third-order valence-corrected chi connectivity index (χ3v) is 7.97. The van der Waals surface area contributed by atoms with Gasteiger partial charge in [0.05, 0.1) is 25.5 Å². The molecular weight excluding hydrogens is 460 g/mol. The second-order valence-electron chi connectivity index (χ2n) is 9.07. The lowest BCUT2D eigenvalue weighted by atomic mass is 9.98. The largest absolute Gasteiger partial charge is 0.476 e. The van der Waals surface area contributed by atoms with Crippen LogP contribution in [0.1, 0.15) is 48.1 Å². The molecule has 1 aromatic carbocycles. The first-order valence-corrected chi connectivity index (χ1v) is 12.9. The number of carbonyl (C=O) groups excluding carboxylic acids is 2. The molecule has 0 fully saturated rings. The van der Waals surface area contributed by atoms with Gasteiger partial charge >= 0.3 is 6.03 Å². The first-order chi connectivity index (χ1) is 16.2. The molecule has 182 valence electrons. The molecule has 3 amide bonds. The zero-order chi connectivity index (χ0) is 24.0. The van der Waals surface area contributed by atoms with E-state index in [4.69, 9.17) is 9.88 Å². The maximum Gasteiger partial charge on any atom is 0.354 e. The quantitative estimate of drug-likeness (QED) is 0.509. The molecule has 3 atom stereocenters. The Kier molecular flexibility index (Phi) is 5.82. The highest BCUT2D eigenvalue weighted by Gasteiger charge is 2.31. The summed E-state index contributed by atoms with van der Waals surface area (Å²) in [5, 5.41) is 26.1. The Hall–Kier alpha value is -2.96. The Labute approximate surface area is 197 Å². The minimum absolute atomic E-state index is 0.00386. The van der Waals surface area contributed by atoms with E-state index in [9.17, 15) is 18.9 Å². The Morgan fingerprint density at radius 1 is 1.35 bits per heavy atom. The molecule has 2 heterocycles. The molecule has 1 aromatic heterocycles. The number of anilines is 1. The number of urea groups is 1. The zero-order valence-corrected chi connectivity index (χ0v) is 19.7. The van der Waals surface area contributed by atoms with Crippen molar-refractivity contribution in [3.8, 4) is 5.88 Å². The van der Waals surface area contributed by atoms with Gasteiger partial charge in [-0.25, -0.2) is 18.8 Å². The van der Waals surface area contributed by atoms with Gasteiger partial charge in [-0.05, 0) is 54.4 Å². The second kappa shape index (κ2) is 8.67. The van der Waals surface area contributed by atoms with Crippen LogP contribution in [0.15, 0.2) is 21.5 Å². The predicted molar refractivity (Wildman–Crippen MR) is 124 cm³/mol. The standard InChI is InChI=1S/C22H28N6O5S/c1-12(29)24-8-13-10-28-21(33-11-13)19(9-25-28)34(23,32)27-22(31)26-20-15-4-2-3-14(15)7-17-16(20)5-6-18(17)30/h7,9,13,18,30H,2-6,8,10-11H2,1H3,(H,24,29)(H3,23,26,27,31,32). The molecule has 2 aliphatic carbocycles. The van der Waals surface area contributed by atoms with Gasteiger partial charge in [-0.3, -0.25) is 4.79 Å². The van der Waals surface area contributed by atoms with E-state index in [-0.39, 0.29) is 29.2 Å². The molecule has 0 bridgehead atoms. The highest BCUT2D eigenvalue weighted by molar-refractivity contribution is 7.91. The number of fused-ring (bicyclic) bond motifs is 3. The van der Waals surface area contributed by atoms with Crippen LogP contribution in [0.3, 0.4) is 0 Å². The maximum absolute atomic E-state index is 13.3. The molecule has 0 saturated carbocycles. The molecule has 5 N–H and O–H groups in total. The Morgan fingerprint density at radius 2 is 2.18 bits per heavy atom. The van der Waals surface area contributed by atoms with E-state index >= 15 is 0 Å². The van der Waals surface area contributed by atoms with Gasteiger partial charge in [0.1, 0.15) is 4.90 Å². The third kappa shape index (κ3) is 4.17. The highest BCUT2D eigenvalue weighted by atomic mass is 32.2. The summed E-state index contributed by atoms with van der Waals surface area (Å²) in [6, 6.07) is 1.24. The van der Waals surface area contributed by atoms with Crippen LogP contribution in [-0.4, -0.2) is 44.2 Å². The van der Waals surface area contributed by atoms with Crippen molar-refractivity contribution in [2.45, 2.75) is 56.6 Å². The smallest absolute Gasteiger partial charge is 0.354 e. The van der Waals surface area contributed by atoms with Gasteiger partial charge in [-0.1, -0.05) is 6.07 Å². The summed E-state index contributed by atoms with van der Waals surface area (Å²) < 4.78 is 24.3. The van der Waals surface area contributed by atoms with Gasteiger partial charge in [0.15, 0.2) is 9.92 Å². The van der Waals surface area contributed by atoms with Gasteiger partial charge in [0.25, 0.3) is 0 Å². The molecule has 0 spiro atoms. The van der Waals surface area contributed by atoms with Crippen LogP contribution >= 0.6 is 0 Å². The number of carbonyl (C=O) groups is 2. The van der Waals surface area contributed by atoms with E-state index in [0.717, 1.165) is 41.5 Å². The number of nitrogens with two attached hydrogens (primary N) is 1. The van der Waals surface area contributed by atoms with E-state index in [0.29, 0.717) is 31.6 Å². The van der Waals surface area contributed by atoms with E-state index in [1.165, 1.54) is 17.8 Å². The summed E-state index contributed by atoms with van der Waals surface area (Å²) in [6.07, 6.45) is 4.73. The summed E-state index contributed by atoms with van der Waals surface area (Å²) in [4.78, 5) is 24.1. The van der Waals surface area contributed by atoms with Gasteiger partial charge in [-0.2, -0.15) is 5.10 Å². The Morgan fingerprint density at radius 3 is 2.97 bits per heavy atom. The summed E-state index contributed by atoms with van der Waals surface area (Å²) in [5.41, 5.74) is 4.60. The lowest BCUT2D eigenvalue weighted by Gasteiger charge is -2.24. The molecule has 3 unspecified atom stereocenters. The molecule has 11 nitrogen and oxygen atoms in total. The number of aromatic nitrogens is 2. The lowest BCUT2D eigenvalue weighted by molar-refractivity contribution is -0.119. The Bertz CT molecular complexity index is 1300. The molecule has 2 aromatic rings. The van der Waals surface area contributed by atoms with Crippen LogP contribution < -0.4 is 20.5 Å². The van der Waals surface area contributed by atoms with Crippen molar-refractivity contribution in [3.63, 3.8) is 0 Å². The van der Waals surface area contributed by atoms with E-state index in [2.05, 4.69) is 20.1 Å². The maximum atomic E-state index is 13.3. The number of nitrogens with one attached hydrogen (secondary N) is 2. The number of aliphatic hydroxyl groups excluding tert-OH is 1. The fourth-order valence-electron chi connectivity index (χ4n) is 5.01. The molecule has 0 radical (unpaired) electrons. The molecule has 0 saturated heterocycles. The number of ether oxygens (including phenoxy) is 1. The van der Waals surface area contributed by atoms with Crippen LogP contribution in [0.2, 0.25) is 0 Å². The van der Waals surface area contributed by atoms with Crippen molar-refractivity contribution in [3.05, 3.63) is 34.5 Å². The molecular formula is C22H28N6O5S. The molecule has 1 aliphatic heterocycles. The van der Waals surface area contributed by atoms with Crippen molar-refractivity contribution in [1.82, 2.24) is 15.1 Å². The molecule has 3 aliphatic rings. The van der Waals surface area contributed by atoms with Gasteiger partial charge in [-0.15, -0.1) is 4.36 Å². The summed E-state index contributed by atoms with van der Waals surface area (Å²) in [6.45, 7) is 2.60. The number of rotatable bonds is 4. The number of amides is 3. The summed E-state index contributed by atoms with van der Waals surface area (Å²) in [5.74, 6) is 0.0783. The van der Waals surface area contributed by atoms with E-state index in [1.54, 1.807) is 0 Å². The summed E-state index contributed by atoms with van der Waals surface area (Å²) in [7, 11) is -3.62. The van der Waals surface area contributed by atoms with Crippen LogP contribution in [-0.2, 0) is 40.5 Å². The minimum atomic E-state index is -3.62. The van der Waals surface area contributed by atoms with Gasteiger partial charge < -0.3 is 20.5 Å². The lowest BCUT2D eigenvalue weighted by Crippen LogP contribution is -2.36. The van der Waals surface area contributed by atoms with Crippen LogP contribution in [0, 0.1) is 5.92 Å². The second-order valence-corrected chi connectivity index (χ2v) is 10.8. The highest BCUT2D eigenvalue weighted by Crippen LogP contribution is 2.42. The fourth-order valence-corrected chi connectivity index (χ4v) is 6.01. The van der Waals surface area contributed by atoms with Crippen LogP contribution in [0.4, 0.5) is 10.5 Å². The number of nitrogens with zero attached hydrogens (tertiary/aromatic N) is 3. The number of hydrogen-bond acceptors (Lipinski definition) is 6. The van der Waals surface area contributed by atoms with Crippen LogP contribution in [0.5, 0.6) is 5.88 Å². The third-order valence-electron chi connectivity index (χ3n) is 6.62. The number of aryl methyl sites for hydroxylation is 1. The van der Waals surface area contributed by atoms with E-state index in [1.807, 2.05) is 6.07 Å². The summed E-state index contributed by atoms with van der Waals surface area (Å²) >= 11 is 0. The Balaban J connectivity index is 1.39. The molecule has 12 heteroatoms. The average molecular weight is 489 g/mol. The van der Waals surface area contributed by atoms with Gasteiger partial charge in [0, 0.05) is 25.1 Å². The normalized spacial score (nSPS) is 22.1. The van der Waals surface area contributed by atoms with Crippen molar-refractivity contribution in [1.29, 1.82) is 0 Å². The van der Waals surface area contributed by atoms with Gasteiger partial charge in [0.2, 0.25) is 11.8 Å². The first kappa shape index (κ1) is 22.8. The van der Waals surface area contributed by atoms with E-state index < -0.39 is 22.1 Å². The van der Waals surface area contributed by atoms with Crippen molar-refractivity contribution in [2.75, 3.05) is 18.5 Å². The number of hydrogen-bond donors (Lipinski definition) is 4. The average Bonchev–Trinajstić information content (AvgIpc) is 3.50. The zero-order valence-electron chi connectivity index (χ0n) is 18.9. The molecule has 5 rings (SSSR count). The van der Waals surface area contributed by atoms with Crippen LogP contribution in [0.25, 0.3) is 0 Å². The fraction of sp³-hybridized carbons (Fsp3) is 0.500. The van der Waals surface area contributed by atoms with Crippen molar-refractivity contribution in [2.24, 2.45) is 15.4 Å². The first-order valence-electron chi connectivity index (χ1n) is 11.4. The van der Waals surface area contributed by atoms with Crippen molar-refractivity contribution < 1.29 is 23.6 Å². The SMILES string of the molecule is CC(=O)NCC1COc2c(S(N)(=O)=NC(=O)Nc3c4c(cc5c3CCC5O)CCC4)cnn2C1. The number of aliphatic hydroxyl groups is 1. The number of benzene rings is 1. The topological polar surface area (TPSA) is 161 Å². The predicted octanol–water partition coefficient (Wildman–Crippen LogP) is 1.43.